The van der Waals surface area contributed by atoms with E-state index in [1.165, 1.54) is 0 Å². The number of benzene rings is 1. The number of nitrogens with one attached hydrogen (secondary N) is 1. The summed E-state index contributed by atoms with van der Waals surface area (Å²) in [5.74, 6) is -4.97. The molecule has 1 atom stereocenters. The first-order chi connectivity index (χ1) is 9.29. The first kappa shape index (κ1) is 15.5. The number of hydrogen-bond acceptors (Lipinski definition) is 3. The van der Waals surface area contributed by atoms with Crippen molar-refractivity contribution in [1.82, 2.24) is 5.32 Å². The van der Waals surface area contributed by atoms with Crippen LogP contribution in [0.3, 0.4) is 0 Å². The molecule has 0 radical (unpaired) electrons. The van der Waals surface area contributed by atoms with Crippen LogP contribution in [0.25, 0.3) is 0 Å². The van der Waals surface area contributed by atoms with Gasteiger partial charge in [-0.1, -0.05) is 0 Å². The topological polar surface area (TPSA) is 109 Å². The molecule has 1 unspecified atom stereocenters. The maximum atomic E-state index is 12.9. The van der Waals surface area contributed by atoms with Crippen LogP contribution < -0.4 is 11.1 Å². The molecule has 0 saturated heterocycles. The molecule has 1 aromatic carbocycles. The first-order valence-electron chi connectivity index (χ1n) is 5.57. The molecule has 20 heavy (non-hydrogen) atoms. The number of halogens is 2. The van der Waals surface area contributed by atoms with Crippen molar-refractivity contribution in [2.75, 3.05) is 0 Å². The summed E-state index contributed by atoms with van der Waals surface area (Å²) in [6, 6.07) is 0.747. The highest BCUT2D eigenvalue weighted by Gasteiger charge is 2.21. The summed E-state index contributed by atoms with van der Waals surface area (Å²) < 4.78 is 25.9. The van der Waals surface area contributed by atoms with Crippen LogP contribution in [0.15, 0.2) is 18.2 Å². The third kappa shape index (κ3) is 4.63. The molecule has 1 aromatic rings. The van der Waals surface area contributed by atoms with Gasteiger partial charge in [-0.05, 0) is 18.6 Å². The molecule has 0 saturated carbocycles. The third-order valence-corrected chi connectivity index (χ3v) is 2.41. The minimum atomic E-state index is -1.38. The Labute approximate surface area is 112 Å². The van der Waals surface area contributed by atoms with E-state index in [0.29, 0.717) is 6.07 Å². The Bertz CT molecular complexity index is 528. The van der Waals surface area contributed by atoms with Gasteiger partial charge in [-0.15, -0.1) is 0 Å². The Balaban J connectivity index is 2.79. The highest BCUT2D eigenvalue weighted by Crippen LogP contribution is 2.09. The van der Waals surface area contributed by atoms with Gasteiger partial charge >= 0.3 is 5.97 Å². The summed E-state index contributed by atoms with van der Waals surface area (Å²) in [7, 11) is 0. The summed E-state index contributed by atoms with van der Waals surface area (Å²) >= 11 is 0. The SMILES string of the molecule is NC(=O)CCC(NC(=O)c1cc(F)cc(F)c1)C(=O)O. The zero-order chi connectivity index (χ0) is 15.3. The average molecular weight is 286 g/mol. The predicted molar refractivity (Wildman–Crippen MR) is 63.7 cm³/mol. The molecule has 0 aliphatic heterocycles. The van der Waals surface area contributed by atoms with Gasteiger partial charge in [-0.3, -0.25) is 9.59 Å². The van der Waals surface area contributed by atoms with Gasteiger partial charge in [0, 0.05) is 18.1 Å². The third-order valence-electron chi connectivity index (χ3n) is 2.41. The highest BCUT2D eigenvalue weighted by molar-refractivity contribution is 5.96. The number of nitrogens with two attached hydrogens (primary N) is 1. The molecule has 4 N–H and O–H groups in total. The lowest BCUT2D eigenvalue weighted by molar-refractivity contribution is -0.139. The summed E-state index contributed by atoms with van der Waals surface area (Å²) in [6.45, 7) is 0. The quantitative estimate of drug-likeness (QED) is 0.703. The lowest BCUT2D eigenvalue weighted by atomic mass is 10.1. The van der Waals surface area contributed by atoms with E-state index < -0.39 is 35.5 Å². The number of aliphatic carboxylic acids is 1. The second-order valence-corrected chi connectivity index (χ2v) is 4.03. The van der Waals surface area contributed by atoms with Crippen LogP contribution in [0.5, 0.6) is 0 Å². The van der Waals surface area contributed by atoms with Crippen LogP contribution in [0.1, 0.15) is 23.2 Å². The minimum Gasteiger partial charge on any atom is -0.480 e. The molecule has 2 amide bonds. The lowest BCUT2D eigenvalue weighted by Crippen LogP contribution is -2.41. The largest absolute Gasteiger partial charge is 0.480 e. The van der Waals surface area contributed by atoms with Crippen LogP contribution in [-0.2, 0) is 9.59 Å². The fraction of sp³-hybridized carbons (Fsp3) is 0.250. The van der Waals surface area contributed by atoms with Crippen LogP contribution in [-0.4, -0.2) is 28.9 Å². The van der Waals surface area contributed by atoms with Crippen molar-refractivity contribution in [1.29, 1.82) is 0 Å². The fourth-order valence-electron chi connectivity index (χ4n) is 1.47. The van der Waals surface area contributed by atoms with Gasteiger partial charge in [-0.25, -0.2) is 13.6 Å². The van der Waals surface area contributed by atoms with E-state index >= 15 is 0 Å². The van der Waals surface area contributed by atoms with Gasteiger partial charge in [0.15, 0.2) is 0 Å². The maximum Gasteiger partial charge on any atom is 0.326 e. The van der Waals surface area contributed by atoms with Crippen LogP contribution >= 0.6 is 0 Å². The van der Waals surface area contributed by atoms with Crippen LogP contribution in [0.2, 0.25) is 0 Å². The zero-order valence-electron chi connectivity index (χ0n) is 10.2. The number of carboxylic acid groups (broad SMARTS) is 1. The monoisotopic (exact) mass is 286 g/mol. The molecule has 8 heteroatoms. The number of amides is 2. The molecule has 0 fully saturated rings. The molecule has 0 aliphatic carbocycles. The number of carboxylic acids is 1. The summed E-state index contributed by atoms with van der Waals surface area (Å²) in [5.41, 5.74) is 4.52. The van der Waals surface area contributed by atoms with E-state index in [2.05, 4.69) is 5.32 Å². The number of carbonyl (C=O) groups is 3. The molecule has 0 aliphatic rings. The highest BCUT2D eigenvalue weighted by atomic mass is 19.1. The van der Waals surface area contributed by atoms with Gasteiger partial charge < -0.3 is 16.2 Å². The Morgan fingerprint density at radius 2 is 1.75 bits per heavy atom. The van der Waals surface area contributed by atoms with Gasteiger partial charge in [-0.2, -0.15) is 0 Å². The van der Waals surface area contributed by atoms with Crippen molar-refractivity contribution in [2.45, 2.75) is 18.9 Å². The van der Waals surface area contributed by atoms with Gasteiger partial charge in [0.1, 0.15) is 17.7 Å². The first-order valence-corrected chi connectivity index (χ1v) is 5.57. The predicted octanol–water partition coefficient (Wildman–Crippen LogP) is 0.413. The number of hydrogen-bond donors (Lipinski definition) is 3. The molecule has 0 heterocycles. The molecule has 0 aromatic heterocycles. The van der Waals surface area contributed by atoms with Crippen molar-refractivity contribution in [3.63, 3.8) is 0 Å². The van der Waals surface area contributed by atoms with E-state index in [4.69, 9.17) is 10.8 Å². The van der Waals surface area contributed by atoms with Crippen molar-refractivity contribution in [3.05, 3.63) is 35.4 Å². The fourth-order valence-corrected chi connectivity index (χ4v) is 1.47. The lowest BCUT2D eigenvalue weighted by Gasteiger charge is -2.13. The van der Waals surface area contributed by atoms with Crippen LogP contribution in [0, 0.1) is 11.6 Å². The smallest absolute Gasteiger partial charge is 0.326 e. The van der Waals surface area contributed by atoms with Gasteiger partial charge in [0.2, 0.25) is 5.91 Å². The van der Waals surface area contributed by atoms with Gasteiger partial charge in [0.25, 0.3) is 5.91 Å². The maximum absolute atomic E-state index is 12.9. The van der Waals surface area contributed by atoms with E-state index in [1.807, 2.05) is 0 Å². The average Bonchev–Trinajstić information content (AvgIpc) is 2.32. The second-order valence-electron chi connectivity index (χ2n) is 4.03. The Kier molecular flexibility index (Phi) is 5.13. The number of carbonyl (C=O) groups excluding carboxylic acids is 2. The second kappa shape index (κ2) is 6.60. The Morgan fingerprint density at radius 1 is 1.20 bits per heavy atom. The molecule has 0 bridgehead atoms. The molecule has 0 spiro atoms. The Morgan fingerprint density at radius 3 is 2.20 bits per heavy atom. The normalized spacial score (nSPS) is 11.7. The van der Waals surface area contributed by atoms with E-state index in [-0.39, 0.29) is 18.4 Å². The summed E-state index contributed by atoms with van der Waals surface area (Å²) in [4.78, 5) is 33.2. The van der Waals surface area contributed by atoms with Crippen LogP contribution in [0.4, 0.5) is 8.78 Å². The molecule has 6 nitrogen and oxygen atoms in total. The molecule has 1 rings (SSSR count). The van der Waals surface area contributed by atoms with Crippen molar-refractivity contribution >= 4 is 17.8 Å². The van der Waals surface area contributed by atoms with Crippen molar-refractivity contribution < 1.29 is 28.3 Å². The number of rotatable bonds is 6. The Hall–Kier alpha value is -2.51. The van der Waals surface area contributed by atoms with Crippen molar-refractivity contribution in [3.8, 4) is 0 Å². The molecular formula is C12H12F2N2O4. The van der Waals surface area contributed by atoms with Gasteiger partial charge in [0.05, 0.1) is 0 Å². The number of primary amides is 1. The zero-order valence-corrected chi connectivity index (χ0v) is 10.2. The summed E-state index contributed by atoms with van der Waals surface area (Å²) in [6.07, 6.45) is -0.455. The minimum absolute atomic E-state index is 0.214. The van der Waals surface area contributed by atoms with Crippen molar-refractivity contribution in [2.24, 2.45) is 5.73 Å². The molecule has 108 valence electrons. The van der Waals surface area contributed by atoms with E-state index in [0.717, 1.165) is 12.1 Å². The standard InChI is InChI=1S/C12H12F2N2O4/c13-7-3-6(4-8(14)5-7)11(18)16-9(12(19)20)1-2-10(15)17/h3-5,9H,1-2H2,(H2,15,17)(H,16,18)(H,19,20). The summed E-state index contributed by atoms with van der Waals surface area (Å²) in [5, 5.41) is 10.9. The van der Waals surface area contributed by atoms with E-state index in [9.17, 15) is 23.2 Å². The van der Waals surface area contributed by atoms with E-state index in [1.54, 1.807) is 0 Å². The molecular weight excluding hydrogens is 274 g/mol.